The molecular formula is C43H56N8O7. The number of unbranched alkanes of at least 4 members (excludes halogenated alkanes) is 1. The van der Waals surface area contributed by atoms with E-state index in [2.05, 4.69) is 33.1 Å². The molecule has 10 N–H and O–H groups in total. The molecule has 0 aromatic heterocycles. The monoisotopic (exact) mass is 796 g/mol. The second-order valence-corrected chi connectivity index (χ2v) is 13.9. The van der Waals surface area contributed by atoms with Gasteiger partial charge in [0.05, 0.1) is 6.54 Å². The van der Waals surface area contributed by atoms with Crippen LogP contribution < -0.4 is 47.9 Å². The van der Waals surface area contributed by atoms with Gasteiger partial charge < -0.3 is 52.8 Å². The van der Waals surface area contributed by atoms with E-state index in [1.807, 2.05) is 13.0 Å². The zero-order valence-electron chi connectivity index (χ0n) is 33.7. The fourth-order valence-corrected chi connectivity index (χ4v) is 6.47. The lowest BCUT2D eigenvalue weighted by atomic mass is 9.93. The van der Waals surface area contributed by atoms with Crippen LogP contribution in [-0.2, 0) is 25.6 Å². The lowest BCUT2D eigenvalue weighted by Crippen LogP contribution is -2.56. The number of amides is 5. The number of nitrogens with zero attached hydrogens (tertiary/aromatic N) is 1. The Bertz CT molecular complexity index is 1990. The van der Waals surface area contributed by atoms with E-state index in [4.69, 9.17) is 26.7 Å². The van der Waals surface area contributed by atoms with E-state index < -0.39 is 53.7 Å². The third-order valence-corrected chi connectivity index (χ3v) is 9.51. The quantitative estimate of drug-likeness (QED) is 0.109. The number of carbonyl (C=O) groups excluding carboxylic acids is 5. The largest absolute Gasteiger partial charge is 0.492 e. The molecule has 310 valence electrons. The van der Waals surface area contributed by atoms with Gasteiger partial charge in [-0.3, -0.25) is 24.0 Å². The average molecular weight is 797 g/mol. The van der Waals surface area contributed by atoms with E-state index >= 15 is 0 Å². The fraction of sp³-hybridized carbons (Fsp3) is 0.419. The molecule has 5 amide bonds. The normalized spacial score (nSPS) is 16.9. The predicted octanol–water partition coefficient (Wildman–Crippen LogP) is 1.45. The zero-order valence-corrected chi connectivity index (χ0v) is 33.7. The van der Waals surface area contributed by atoms with Gasteiger partial charge in [0, 0.05) is 49.7 Å². The first-order valence-corrected chi connectivity index (χ1v) is 19.5. The van der Waals surface area contributed by atoms with Crippen molar-refractivity contribution in [3.63, 3.8) is 0 Å². The summed E-state index contributed by atoms with van der Waals surface area (Å²) in [6.07, 6.45) is 1.72. The molecule has 4 rings (SSSR count). The van der Waals surface area contributed by atoms with Crippen LogP contribution in [-0.4, -0.2) is 99.0 Å². The highest BCUT2D eigenvalue weighted by atomic mass is 16.5. The number of rotatable bonds is 15. The molecule has 3 aromatic carbocycles. The van der Waals surface area contributed by atoms with E-state index in [1.165, 1.54) is 18.9 Å². The molecule has 4 bridgehead atoms. The molecule has 1 aliphatic rings. The molecule has 4 atom stereocenters. The van der Waals surface area contributed by atoms with Crippen LogP contribution in [0.25, 0.3) is 11.1 Å². The van der Waals surface area contributed by atoms with Crippen molar-refractivity contribution in [1.82, 2.24) is 26.2 Å². The number of hydrogen-bond donors (Lipinski definition) is 7. The topological polar surface area (TPSA) is 233 Å². The summed E-state index contributed by atoms with van der Waals surface area (Å²) < 4.78 is 12.2. The van der Waals surface area contributed by atoms with Crippen molar-refractivity contribution in [2.45, 2.75) is 70.6 Å². The highest BCUT2D eigenvalue weighted by Crippen LogP contribution is 2.40. The summed E-state index contributed by atoms with van der Waals surface area (Å²) in [4.78, 5) is 70.8. The Morgan fingerprint density at radius 2 is 1.57 bits per heavy atom. The summed E-state index contributed by atoms with van der Waals surface area (Å²) in [5, 5.41) is 11.1. The molecule has 0 saturated carbocycles. The molecule has 0 saturated heterocycles. The third-order valence-electron chi connectivity index (χ3n) is 9.51. The van der Waals surface area contributed by atoms with Gasteiger partial charge in [-0.05, 0) is 80.3 Å². The summed E-state index contributed by atoms with van der Waals surface area (Å²) in [7, 11) is 1.45. The summed E-state index contributed by atoms with van der Waals surface area (Å²) in [5.41, 5.74) is 20.8. The highest BCUT2D eigenvalue weighted by Gasteiger charge is 2.36. The molecular weight excluding hydrogens is 741 g/mol. The van der Waals surface area contributed by atoms with Gasteiger partial charge in [0.25, 0.3) is 5.91 Å². The maximum Gasteiger partial charge on any atom is 0.252 e. The van der Waals surface area contributed by atoms with Crippen molar-refractivity contribution in [1.29, 1.82) is 0 Å². The van der Waals surface area contributed by atoms with Crippen LogP contribution in [0, 0.1) is 18.8 Å². The van der Waals surface area contributed by atoms with Crippen LogP contribution in [0.3, 0.4) is 0 Å². The summed E-state index contributed by atoms with van der Waals surface area (Å²) >= 11 is 0. The molecule has 0 aliphatic carbocycles. The predicted molar refractivity (Wildman–Crippen MR) is 222 cm³/mol. The Kier molecular flexibility index (Phi) is 17.1. The lowest BCUT2D eigenvalue weighted by molar-refractivity contribution is -0.141. The summed E-state index contributed by atoms with van der Waals surface area (Å²) in [5.74, 6) is 3.90. The van der Waals surface area contributed by atoms with E-state index in [9.17, 15) is 24.0 Å². The minimum Gasteiger partial charge on any atom is -0.492 e. The Morgan fingerprint density at radius 3 is 2.22 bits per heavy atom. The second kappa shape index (κ2) is 22.1. The number of carbonyl (C=O) groups is 5. The molecule has 58 heavy (non-hydrogen) atoms. The summed E-state index contributed by atoms with van der Waals surface area (Å²) in [6, 6.07) is 12.7. The van der Waals surface area contributed by atoms with Gasteiger partial charge in [0.15, 0.2) is 0 Å². The van der Waals surface area contributed by atoms with Crippen LogP contribution in [0.2, 0.25) is 0 Å². The van der Waals surface area contributed by atoms with Crippen LogP contribution in [0.15, 0.2) is 60.7 Å². The number of nitrogens with one attached hydrogen (secondary N) is 4. The number of hydrogen-bond acceptors (Lipinski definition) is 10. The van der Waals surface area contributed by atoms with E-state index in [0.29, 0.717) is 51.3 Å². The van der Waals surface area contributed by atoms with Gasteiger partial charge in [-0.15, -0.1) is 5.92 Å². The number of likely N-dealkylation sites (N-methyl/N-ethyl adjacent to an activating group) is 1. The van der Waals surface area contributed by atoms with E-state index in [0.717, 1.165) is 6.42 Å². The third kappa shape index (κ3) is 11.8. The fourth-order valence-electron chi connectivity index (χ4n) is 6.47. The lowest BCUT2D eigenvalue weighted by Gasteiger charge is -2.32. The first-order valence-electron chi connectivity index (χ1n) is 19.5. The minimum atomic E-state index is -1.33. The molecule has 0 fully saturated rings. The molecule has 0 radical (unpaired) electrons. The number of aryl methyl sites for hydroxylation is 1. The van der Waals surface area contributed by atoms with Crippen molar-refractivity contribution in [3.8, 4) is 34.5 Å². The number of benzene rings is 3. The molecule has 0 unspecified atom stereocenters. The van der Waals surface area contributed by atoms with E-state index in [-0.39, 0.29) is 52.2 Å². The summed E-state index contributed by atoms with van der Waals surface area (Å²) in [6.45, 7) is 6.22. The first kappa shape index (κ1) is 44.8. The van der Waals surface area contributed by atoms with Gasteiger partial charge >= 0.3 is 0 Å². The van der Waals surface area contributed by atoms with Crippen LogP contribution in [0.4, 0.5) is 0 Å². The van der Waals surface area contributed by atoms with Gasteiger partial charge in [0.1, 0.15) is 48.9 Å². The van der Waals surface area contributed by atoms with Crippen LogP contribution in [0.1, 0.15) is 66.2 Å². The Morgan fingerprint density at radius 1 is 0.897 bits per heavy atom. The number of fused-ring (bicyclic) bond motifs is 5. The SMILES string of the molecule is CCCC#CCNC(=O)[C@@H]1Cc2ccc(OCCN)c(c2)-c2cc(ccc2OCCN)[C@H](N(C)C(=O)[C@H](CCN)NC(=O)c2ccccc2C)C(=O)N[C@@H](C)C(=O)N1. The second-order valence-electron chi connectivity index (χ2n) is 13.9. The van der Waals surface area contributed by atoms with Crippen molar-refractivity contribution in [2.75, 3.05) is 46.4 Å². The van der Waals surface area contributed by atoms with E-state index in [1.54, 1.807) is 61.5 Å². The van der Waals surface area contributed by atoms with Crippen molar-refractivity contribution < 1.29 is 33.4 Å². The van der Waals surface area contributed by atoms with Crippen LogP contribution in [0.5, 0.6) is 11.5 Å². The maximum atomic E-state index is 14.5. The van der Waals surface area contributed by atoms with Crippen molar-refractivity contribution >= 4 is 29.5 Å². The number of nitrogens with two attached hydrogens (primary N) is 3. The van der Waals surface area contributed by atoms with Gasteiger partial charge in [-0.25, -0.2) is 0 Å². The Hall–Kier alpha value is -5.95. The molecule has 15 heteroatoms. The van der Waals surface area contributed by atoms with Gasteiger partial charge in [-0.1, -0.05) is 43.2 Å². The Balaban J connectivity index is 1.86. The maximum absolute atomic E-state index is 14.5. The Labute approximate surface area is 340 Å². The van der Waals surface area contributed by atoms with Gasteiger partial charge in [0.2, 0.25) is 23.6 Å². The van der Waals surface area contributed by atoms with Gasteiger partial charge in [-0.2, -0.15) is 0 Å². The molecule has 3 aromatic rings. The highest BCUT2D eigenvalue weighted by molar-refractivity contribution is 6.00. The molecule has 1 aliphatic heterocycles. The zero-order chi connectivity index (χ0) is 42.2. The molecule has 1 heterocycles. The minimum absolute atomic E-state index is 0.0612. The average Bonchev–Trinajstić information content (AvgIpc) is 3.21. The first-order chi connectivity index (χ1) is 27.9. The molecule has 0 spiro atoms. The van der Waals surface area contributed by atoms with Crippen molar-refractivity contribution in [2.24, 2.45) is 17.2 Å². The standard InChI is InChI=1S/C43H56N8O7/c1-5-6-7-10-21-47-41(54)35-25-29-13-15-36(57-22-19-45)32(24-29)33-26-30(14-16-37(33)58-23-20-46)38(42(55)48-28(3)39(52)50-35)51(4)43(56)34(17-18-44)49-40(53)31-12-9-8-11-27(31)2/h8-9,11-16,24,26,28,34-35,38H,5-6,17-23,25,44-46H2,1-4H3,(H,47,54)(H,48,55)(H,49,53)(H,50,52)/t28-,34-,35-,38-/m0/s1. The van der Waals surface area contributed by atoms with Crippen molar-refractivity contribution in [3.05, 3.63) is 82.9 Å². The molecule has 15 nitrogen and oxygen atoms in total. The number of ether oxygens (including phenoxy) is 2. The smallest absolute Gasteiger partial charge is 0.252 e. The van der Waals surface area contributed by atoms with Crippen LogP contribution >= 0.6 is 0 Å².